The van der Waals surface area contributed by atoms with Crippen LogP contribution in [0.5, 0.6) is 5.75 Å². The molecule has 0 aliphatic carbocycles. The van der Waals surface area contributed by atoms with E-state index in [0.717, 1.165) is 29.8 Å². The third-order valence-electron chi connectivity index (χ3n) is 2.78. The van der Waals surface area contributed by atoms with Crippen molar-refractivity contribution >= 4 is 15.9 Å². The number of hydrogen-bond donors (Lipinski definition) is 1. The molecule has 3 heteroatoms. The molecule has 0 atom stereocenters. The first-order chi connectivity index (χ1) is 7.57. The molecule has 0 aliphatic heterocycles. The Morgan fingerprint density at radius 1 is 1.25 bits per heavy atom. The summed E-state index contributed by atoms with van der Waals surface area (Å²) in [6, 6.07) is 2.12. The molecule has 0 unspecified atom stereocenters. The fourth-order valence-electron chi connectivity index (χ4n) is 1.65. The largest absolute Gasteiger partial charge is 0.493 e. The van der Waals surface area contributed by atoms with E-state index in [2.05, 4.69) is 48.1 Å². The van der Waals surface area contributed by atoms with Crippen LogP contribution in [-0.4, -0.2) is 20.2 Å². The number of rotatable bonds is 5. The molecule has 1 aromatic carbocycles. The minimum atomic E-state index is 0.767. The topological polar surface area (TPSA) is 21.3 Å². The van der Waals surface area contributed by atoms with Gasteiger partial charge in [-0.05, 0) is 63.5 Å². The van der Waals surface area contributed by atoms with Crippen LogP contribution in [-0.2, 0) is 0 Å². The zero-order chi connectivity index (χ0) is 12.1. The Bertz CT molecular complexity index is 363. The second kappa shape index (κ2) is 6.26. The fraction of sp³-hybridized carbons (Fsp3) is 0.538. The molecule has 1 N–H and O–H groups in total. The molecule has 0 saturated carbocycles. The molecule has 0 heterocycles. The van der Waals surface area contributed by atoms with Gasteiger partial charge in [-0.1, -0.05) is 15.9 Å². The van der Waals surface area contributed by atoms with Crippen LogP contribution in [0, 0.1) is 20.8 Å². The highest BCUT2D eigenvalue weighted by Gasteiger charge is 2.09. The smallest absolute Gasteiger partial charge is 0.125 e. The fourth-order valence-corrected chi connectivity index (χ4v) is 2.30. The quantitative estimate of drug-likeness (QED) is 0.838. The molecule has 0 radical (unpaired) electrons. The third kappa shape index (κ3) is 3.22. The maximum absolute atomic E-state index is 5.84. The summed E-state index contributed by atoms with van der Waals surface area (Å²) in [5, 5.41) is 3.12. The lowest BCUT2D eigenvalue weighted by atomic mass is 10.1. The summed E-state index contributed by atoms with van der Waals surface area (Å²) < 4.78 is 7.00. The van der Waals surface area contributed by atoms with Crippen molar-refractivity contribution in [3.8, 4) is 5.75 Å². The molecule has 1 rings (SSSR count). The van der Waals surface area contributed by atoms with E-state index >= 15 is 0 Å². The zero-order valence-corrected chi connectivity index (χ0v) is 12.1. The summed E-state index contributed by atoms with van der Waals surface area (Å²) in [5.41, 5.74) is 3.69. The Morgan fingerprint density at radius 3 is 2.56 bits per heavy atom. The van der Waals surface area contributed by atoms with Crippen LogP contribution < -0.4 is 10.1 Å². The second-order valence-electron chi connectivity index (χ2n) is 4.06. The van der Waals surface area contributed by atoms with E-state index in [4.69, 9.17) is 4.74 Å². The van der Waals surface area contributed by atoms with E-state index in [1.165, 1.54) is 16.7 Å². The van der Waals surface area contributed by atoms with Crippen molar-refractivity contribution in [1.29, 1.82) is 0 Å². The molecule has 0 bridgehead atoms. The van der Waals surface area contributed by atoms with Crippen LogP contribution in [0.15, 0.2) is 10.5 Å². The van der Waals surface area contributed by atoms with Crippen molar-refractivity contribution in [2.45, 2.75) is 27.2 Å². The summed E-state index contributed by atoms with van der Waals surface area (Å²) in [4.78, 5) is 0. The number of benzene rings is 1. The van der Waals surface area contributed by atoms with Gasteiger partial charge in [-0.15, -0.1) is 0 Å². The summed E-state index contributed by atoms with van der Waals surface area (Å²) >= 11 is 3.56. The highest BCUT2D eigenvalue weighted by Crippen LogP contribution is 2.31. The molecule has 2 nitrogen and oxygen atoms in total. The van der Waals surface area contributed by atoms with Crippen molar-refractivity contribution in [2.24, 2.45) is 0 Å². The minimum Gasteiger partial charge on any atom is -0.493 e. The van der Waals surface area contributed by atoms with E-state index in [0.29, 0.717) is 0 Å². The van der Waals surface area contributed by atoms with Gasteiger partial charge in [-0.2, -0.15) is 0 Å². The monoisotopic (exact) mass is 285 g/mol. The number of ether oxygens (including phenoxy) is 1. The normalized spacial score (nSPS) is 10.6. The Kier molecular flexibility index (Phi) is 5.29. The van der Waals surface area contributed by atoms with Crippen molar-refractivity contribution in [3.05, 3.63) is 27.2 Å². The van der Waals surface area contributed by atoms with Crippen LogP contribution in [0.25, 0.3) is 0 Å². The van der Waals surface area contributed by atoms with Crippen molar-refractivity contribution in [2.75, 3.05) is 20.2 Å². The molecule has 0 fully saturated rings. The first-order valence-corrected chi connectivity index (χ1v) is 6.41. The van der Waals surface area contributed by atoms with Gasteiger partial charge in [0.15, 0.2) is 0 Å². The molecular formula is C13H20BrNO. The van der Waals surface area contributed by atoms with Crippen LogP contribution in [0.2, 0.25) is 0 Å². The maximum Gasteiger partial charge on any atom is 0.125 e. The van der Waals surface area contributed by atoms with Crippen LogP contribution >= 0.6 is 15.9 Å². The molecule has 0 saturated heterocycles. The van der Waals surface area contributed by atoms with Gasteiger partial charge < -0.3 is 10.1 Å². The van der Waals surface area contributed by atoms with Crippen LogP contribution in [0.4, 0.5) is 0 Å². The minimum absolute atomic E-state index is 0.767. The van der Waals surface area contributed by atoms with Gasteiger partial charge in [-0.25, -0.2) is 0 Å². The number of halogens is 1. The summed E-state index contributed by atoms with van der Waals surface area (Å²) in [7, 11) is 1.96. The Labute approximate surface area is 107 Å². The van der Waals surface area contributed by atoms with E-state index in [1.54, 1.807) is 0 Å². The summed E-state index contributed by atoms with van der Waals surface area (Å²) in [6.45, 7) is 8.07. The number of nitrogens with one attached hydrogen (secondary N) is 1. The van der Waals surface area contributed by atoms with Gasteiger partial charge in [0.1, 0.15) is 5.75 Å². The van der Waals surface area contributed by atoms with Crippen LogP contribution in [0.3, 0.4) is 0 Å². The van der Waals surface area contributed by atoms with Gasteiger partial charge in [0.2, 0.25) is 0 Å². The third-order valence-corrected chi connectivity index (χ3v) is 3.60. The second-order valence-corrected chi connectivity index (χ2v) is 4.91. The highest BCUT2D eigenvalue weighted by molar-refractivity contribution is 9.10. The van der Waals surface area contributed by atoms with Gasteiger partial charge in [-0.3, -0.25) is 0 Å². The Balaban J connectivity index is 2.76. The molecule has 90 valence electrons. The molecule has 0 aliphatic rings. The predicted molar refractivity (Wildman–Crippen MR) is 72.4 cm³/mol. The average molecular weight is 286 g/mol. The zero-order valence-electron chi connectivity index (χ0n) is 10.5. The summed E-state index contributed by atoms with van der Waals surface area (Å²) in [6.07, 6.45) is 1.03. The van der Waals surface area contributed by atoms with Gasteiger partial charge in [0.05, 0.1) is 6.61 Å². The van der Waals surface area contributed by atoms with Crippen molar-refractivity contribution in [1.82, 2.24) is 5.32 Å². The Hall–Kier alpha value is -0.540. The average Bonchev–Trinajstić information content (AvgIpc) is 2.25. The molecule has 0 aromatic heterocycles. The molecule has 0 spiro atoms. The SMILES string of the molecule is CNCCCOc1c(C)cc(Br)c(C)c1C. The maximum atomic E-state index is 5.84. The van der Waals surface area contributed by atoms with Crippen molar-refractivity contribution in [3.63, 3.8) is 0 Å². The van der Waals surface area contributed by atoms with E-state index < -0.39 is 0 Å². The van der Waals surface area contributed by atoms with E-state index in [9.17, 15) is 0 Å². The standard InChI is InChI=1S/C13H20BrNO/c1-9-8-12(14)10(2)11(3)13(9)16-7-5-6-15-4/h8,15H,5-7H2,1-4H3. The van der Waals surface area contributed by atoms with Crippen molar-refractivity contribution < 1.29 is 4.74 Å². The van der Waals surface area contributed by atoms with E-state index in [1.807, 2.05) is 7.05 Å². The number of aryl methyl sites for hydroxylation is 1. The lowest BCUT2D eigenvalue weighted by molar-refractivity contribution is 0.305. The number of hydrogen-bond acceptors (Lipinski definition) is 2. The van der Waals surface area contributed by atoms with E-state index in [-0.39, 0.29) is 0 Å². The molecular weight excluding hydrogens is 266 g/mol. The summed E-state index contributed by atoms with van der Waals surface area (Å²) in [5.74, 6) is 1.04. The first-order valence-electron chi connectivity index (χ1n) is 5.61. The first kappa shape index (κ1) is 13.5. The molecule has 0 amide bonds. The predicted octanol–water partition coefficient (Wildman–Crippen LogP) is 3.36. The molecule has 16 heavy (non-hydrogen) atoms. The molecule has 1 aromatic rings. The van der Waals surface area contributed by atoms with Gasteiger partial charge in [0.25, 0.3) is 0 Å². The van der Waals surface area contributed by atoms with Crippen LogP contribution in [0.1, 0.15) is 23.1 Å². The lowest BCUT2D eigenvalue weighted by Crippen LogP contribution is -2.12. The van der Waals surface area contributed by atoms with Gasteiger partial charge in [0, 0.05) is 4.47 Å². The van der Waals surface area contributed by atoms with Gasteiger partial charge >= 0.3 is 0 Å². The lowest BCUT2D eigenvalue weighted by Gasteiger charge is -2.15. The Morgan fingerprint density at radius 2 is 1.94 bits per heavy atom. The highest BCUT2D eigenvalue weighted by atomic mass is 79.9.